The van der Waals surface area contributed by atoms with Crippen LogP contribution >= 0.6 is 0 Å². The molecule has 1 aliphatic rings. The van der Waals surface area contributed by atoms with Crippen LogP contribution in [0.3, 0.4) is 0 Å². The maximum absolute atomic E-state index is 13.5. The van der Waals surface area contributed by atoms with Gasteiger partial charge >= 0.3 is 0 Å². The highest BCUT2D eigenvalue weighted by Crippen LogP contribution is 2.33. The molecule has 2 nitrogen and oxygen atoms in total. The molecule has 3 N–H and O–H groups in total. The van der Waals surface area contributed by atoms with E-state index in [0.717, 1.165) is 28.8 Å². The summed E-state index contributed by atoms with van der Waals surface area (Å²) in [5.74, 6) is -0.255. The van der Waals surface area contributed by atoms with Crippen LogP contribution in [0, 0.1) is 5.82 Å². The fraction of sp³-hybridized carbons (Fsp3) is 0.231. The molecule has 1 aromatic carbocycles. The van der Waals surface area contributed by atoms with Gasteiger partial charge in [0, 0.05) is 18.7 Å². The normalized spacial score (nSPS) is 15.1. The Labute approximate surface area is 94.7 Å². The summed E-state index contributed by atoms with van der Waals surface area (Å²) in [7, 11) is 0. The molecular formula is C13H15FN2. The van der Waals surface area contributed by atoms with E-state index in [0.29, 0.717) is 12.2 Å². The van der Waals surface area contributed by atoms with E-state index < -0.39 is 0 Å². The van der Waals surface area contributed by atoms with Gasteiger partial charge in [0.15, 0.2) is 0 Å². The Bertz CT molecular complexity index is 475. The van der Waals surface area contributed by atoms with Gasteiger partial charge in [-0.15, -0.1) is 0 Å². The first-order chi connectivity index (χ1) is 7.61. The average molecular weight is 218 g/mol. The van der Waals surface area contributed by atoms with Crippen molar-refractivity contribution in [3.05, 3.63) is 53.0 Å². The molecule has 0 heterocycles. The quantitative estimate of drug-likeness (QED) is 0.818. The minimum atomic E-state index is -0.255. The largest absolute Gasteiger partial charge is 0.356 e. The molecule has 0 spiro atoms. The second-order valence-corrected chi connectivity index (χ2v) is 4.03. The van der Waals surface area contributed by atoms with Gasteiger partial charge in [-0.2, -0.15) is 0 Å². The van der Waals surface area contributed by atoms with E-state index in [1.54, 1.807) is 12.1 Å². The molecule has 2 rings (SSSR count). The zero-order valence-electron chi connectivity index (χ0n) is 9.31. The van der Waals surface area contributed by atoms with Crippen LogP contribution in [0.15, 0.2) is 41.6 Å². The minimum Gasteiger partial charge on any atom is -0.356 e. The van der Waals surface area contributed by atoms with Crippen molar-refractivity contribution in [1.82, 2.24) is 0 Å². The second-order valence-electron chi connectivity index (χ2n) is 4.03. The lowest BCUT2D eigenvalue weighted by molar-refractivity contribution is 0.630. The predicted molar refractivity (Wildman–Crippen MR) is 64.4 cm³/mol. The molecule has 3 heteroatoms. The van der Waals surface area contributed by atoms with E-state index in [9.17, 15) is 4.39 Å². The monoisotopic (exact) mass is 218 g/mol. The number of rotatable bonds is 3. The zero-order chi connectivity index (χ0) is 11.7. The third kappa shape index (κ3) is 1.86. The van der Waals surface area contributed by atoms with Gasteiger partial charge in [0.1, 0.15) is 5.82 Å². The number of benzene rings is 1. The second kappa shape index (κ2) is 4.10. The van der Waals surface area contributed by atoms with Gasteiger partial charge in [0.25, 0.3) is 0 Å². The summed E-state index contributed by atoms with van der Waals surface area (Å²) in [4.78, 5) is 0. The van der Waals surface area contributed by atoms with Crippen LogP contribution in [0.2, 0.25) is 0 Å². The van der Waals surface area contributed by atoms with Crippen LogP contribution in [-0.4, -0.2) is 0 Å². The average Bonchev–Trinajstić information content (AvgIpc) is 2.30. The lowest BCUT2D eigenvalue weighted by atomic mass is 9.90. The summed E-state index contributed by atoms with van der Waals surface area (Å²) in [6.45, 7) is 6.28. The van der Waals surface area contributed by atoms with E-state index in [-0.39, 0.29) is 5.82 Å². The summed E-state index contributed by atoms with van der Waals surface area (Å²) in [6, 6.07) is 4.88. The molecule has 1 aliphatic carbocycles. The van der Waals surface area contributed by atoms with Gasteiger partial charge in [-0.1, -0.05) is 12.6 Å². The smallest absolute Gasteiger partial charge is 0.146 e. The summed E-state index contributed by atoms with van der Waals surface area (Å²) < 4.78 is 13.5. The van der Waals surface area contributed by atoms with Crippen molar-refractivity contribution in [1.29, 1.82) is 0 Å². The van der Waals surface area contributed by atoms with Crippen LogP contribution in [0.1, 0.15) is 18.9 Å². The van der Waals surface area contributed by atoms with Crippen molar-refractivity contribution >= 4 is 5.69 Å². The molecule has 0 bridgehead atoms. The van der Waals surface area contributed by atoms with Gasteiger partial charge in [0.2, 0.25) is 0 Å². The van der Waals surface area contributed by atoms with Gasteiger partial charge in [0.05, 0.1) is 5.69 Å². The topological polar surface area (TPSA) is 38.0 Å². The third-order valence-electron chi connectivity index (χ3n) is 2.93. The highest BCUT2D eigenvalue weighted by molar-refractivity contribution is 5.58. The van der Waals surface area contributed by atoms with Crippen molar-refractivity contribution in [2.45, 2.75) is 19.9 Å². The van der Waals surface area contributed by atoms with Crippen LogP contribution < -0.4 is 11.1 Å². The molecule has 0 aliphatic heterocycles. The van der Waals surface area contributed by atoms with Crippen LogP contribution in [0.5, 0.6) is 0 Å². The van der Waals surface area contributed by atoms with Crippen molar-refractivity contribution in [2.24, 2.45) is 5.73 Å². The standard InChI is InChI=1S/C13H15FN2/c1-8-5-12(9(8)2)16-13-6-10(7-15)3-4-11(13)14/h3-4,6,16H,1,5,7,15H2,2H3. The first-order valence-electron chi connectivity index (χ1n) is 5.25. The highest BCUT2D eigenvalue weighted by Gasteiger charge is 2.18. The predicted octanol–water partition coefficient (Wildman–Crippen LogP) is 2.93. The number of allylic oxidation sites excluding steroid dienone is 2. The van der Waals surface area contributed by atoms with Gasteiger partial charge in [-0.05, 0) is 35.8 Å². The number of hydrogen-bond donors (Lipinski definition) is 2. The number of nitrogens with two attached hydrogens (primary N) is 1. The highest BCUT2D eigenvalue weighted by atomic mass is 19.1. The Morgan fingerprint density at radius 1 is 1.50 bits per heavy atom. The Hall–Kier alpha value is -1.61. The summed E-state index contributed by atoms with van der Waals surface area (Å²) in [6.07, 6.45) is 0.804. The van der Waals surface area contributed by atoms with Gasteiger partial charge < -0.3 is 11.1 Å². The first-order valence-corrected chi connectivity index (χ1v) is 5.25. The van der Waals surface area contributed by atoms with E-state index in [4.69, 9.17) is 5.73 Å². The Morgan fingerprint density at radius 2 is 2.25 bits per heavy atom. The number of anilines is 1. The fourth-order valence-electron chi connectivity index (χ4n) is 1.68. The molecule has 0 saturated carbocycles. The molecule has 0 fully saturated rings. The van der Waals surface area contributed by atoms with E-state index in [2.05, 4.69) is 11.9 Å². The molecular weight excluding hydrogens is 203 g/mol. The van der Waals surface area contributed by atoms with Crippen LogP contribution in [0.4, 0.5) is 10.1 Å². The molecule has 84 valence electrons. The van der Waals surface area contributed by atoms with Crippen LogP contribution in [0.25, 0.3) is 0 Å². The molecule has 0 amide bonds. The number of nitrogens with one attached hydrogen (secondary N) is 1. The van der Waals surface area contributed by atoms with Crippen molar-refractivity contribution in [3.63, 3.8) is 0 Å². The molecule has 16 heavy (non-hydrogen) atoms. The van der Waals surface area contributed by atoms with Gasteiger partial charge in [-0.25, -0.2) is 4.39 Å². The fourth-order valence-corrected chi connectivity index (χ4v) is 1.68. The third-order valence-corrected chi connectivity index (χ3v) is 2.93. The van der Waals surface area contributed by atoms with E-state index >= 15 is 0 Å². The number of hydrogen-bond acceptors (Lipinski definition) is 2. The molecule has 0 aromatic heterocycles. The van der Waals surface area contributed by atoms with Crippen molar-refractivity contribution < 1.29 is 4.39 Å². The maximum Gasteiger partial charge on any atom is 0.146 e. The molecule has 0 saturated heterocycles. The molecule has 0 atom stereocenters. The summed E-state index contributed by atoms with van der Waals surface area (Å²) in [5.41, 5.74) is 10.2. The SMILES string of the molecule is C=C1CC(Nc2cc(CN)ccc2F)=C1C. The van der Waals surface area contributed by atoms with Gasteiger partial charge in [-0.3, -0.25) is 0 Å². The lowest BCUT2D eigenvalue weighted by Gasteiger charge is -2.25. The molecule has 0 unspecified atom stereocenters. The Balaban J connectivity index is 2.25. The first kappa shape index (κ1) is 10.9. The Morgan fingerprint density at radius 3 is 2.81 bits per heavy atom. The Kier molecular flexibility index (Phi) is 2.79. The minimum absolute atomic E-state index is 0.255. The van der Waals surface area contributed by atoms with Crippen LogP contribution in [-0.2, 0) is 6.54 Å². The maximum atomic E-state index is 13.5. The zero-order valence-corrected chi connectivity index (χ0v) is 9.31. The van der Waals surface area contributed by atoms with Crippen molar-refractivity contribution in [3.8, 4) is 0 Å². The molecule has 0 radical (unpaired) electrons. The lowest BCUT2D eigenvalue weighted by Crippen LogP contribution is -2.14. The van der Waals surface area contributed by atoms with Crippen molar-refractivity contribution in [2.75, 3.05) is 5.32 Å². The summed E-state index contributed by atoms with van der Waals surface area (Å²) in [5, 5.41) is 3.09. The van der Waals surface area contributed by atoms with E-state index in [1.165, 1.54) is 6.07 Å². The molecule has 1 aromatic rings. The summed E-state index contributed by atoms with van der Waals surface area (Å²) >= 11 is 0. The van der Waals surface area contributed by atoms with E-state index in [1.807, 2.05) is 6.92 Å². The number of halogens is 1.